The summed E-state index contributed by atoms with van der Waals surface area (Å²) < 4.78 is 10.4. The van der Waals surface area contributed by atoms with Crippen LogP contribution in [-0.4, -0.2) is 43.6 Å². The molecule has 0 radical (unpaired) electrons. The van der Waals surface area contributed by atoms with E-state index in [-0.39, 0.29) is 18.7 Å². The summed E-state index contributed by atoms with van der Waals surface area (Å²) in [5.41, 5.74) is 0.568. The summed E-state index contributed by atoms with van der Waals surface area (Å²) in [5, 5.41) is 11.2. The molecule has 0 aliphatic heterocycles. The molecule has 0 aliphatic carbocycles. The van der Waals surface area contributed by atoms with Crippen LogP contribution in [0, 0.1) is 4.91 Å². The molecule has 0 atom stereocenters. The van der Waals surface area contributed by atoms with Crippen molar-refractivity contribution in [2.75, 3.05) is 32.1 Å². The number of hydrogen-bond acceptors (Lipinski definition) is 10. The van der Waals surface area contributed by atoms with Crippen molar-refractivity contribution in [3.8, 4) is 0 Å². The van der Waals surface area contributed by atoms with Gasteiger partial charge in [0.05, 0.1) is 35.6 Å². The quantitative estimate of drug-likeness (QED) is 0.177. The number of carbonyl (C=O) groups excluding carboxylic acids is 2. The van der Waals surface area contributed by atoms with Crippen LogP contribution in [-0.2, 0) is 20.9 Å². The second-order valence-electron chi connectivity index (χ2n) is 5.68. The van der Waals surface area contributed by atoms with Crippen LogP contribution in [0.4, 0.5) is 5.69 Å². The average Bonchev–Trinajstić information content (AvgIpc) is 3.24. The van der Waals surface area contributed by atoms with Crippen LogP contribution >= 0.6 is 23.5 Å². The molecule has 0 bridgehead atoms. The van der Waals surface area contributed by atoms with Crippen molar-refractivity contribution in [3.63, 3.8) is 0 Å². The van der Waals surface area contributed by atoms with Gasteiger partial charge in [-0.05, 0) is 36.2 Å². The van der Waals surface area contributed by atoms with Gasteiger partial charge in [-0.2, -0.15) is 0 Å². The number of likely N-dealkylation sites (N-methyl/N-ethyl adjacent to an activating group) is 1. The first kappa shape index (κ1) is 22.5. The Morgan fingerprint density at radius 3 is 2.86 bits per heavy atom. The monoisotopic (exact) mass is 442 g/mol. The highest BCUT2D eigenvalue weighted by atomic mass is 35.5. The Bertz CT molecular complexity index is 849. The first-order valence-corrected chi connectivity index (χ1v) is 9.54. The number of carbonyl (C=O) groups is 2. The van der Waals surface area contributed by atoms with Gasteiger partial charge < -0.3 is 24.2 Å². The summed E-state index contributed by atoms with van der Waals surface area (Å²) in [6.07, 6.45) is 1.53. The lowest BCUT2D eigenvalue weighted by Crippen LogP contribution is -2.33. The fraction of sp³-hybridized carbons (Fsp3) is 0.294. The van der Waals surface area contributed by atoms with Crippen LogP contribution in [0.25, 0.3) is 0 Å². The minimum absolute atomic E-state index is 0.0607. The summed E-state index contributed by atoms with van der Waals surface area (Å²) in [6.45, 7) is -0.123. The molecule has 3 N–H and O–H groups in total. The average molecular weight is 443 g/mol. The predicted molar refractivity (Wildman–Crippen MR) is 107 cm³/mol. The number of nitrogens with zero attached hydrogens (tertiary/aromatic N) is 2. The molecule has 1 aromatic heterocycles. The number of nitrogens with two attached hydrogens (primary N) is 1. The number of rotatable bonds is 11. The van der Waals surface area contributed by atoms with Gasteiger partial charge in [-0.25, -0.2) is 4.79 Å². The largest absolute Gasteiger partial charge is 0.467 e. The SMILES string of the molecule is CN(CCON=O)C(=O)COC(=O)c1cc(SN)c(Cl)cc1NCc1ccco1. The Balaban J connectivity index is 2.06. The third-order valence-corrected chi connectivity index (χ3v) is 4.79. The van der Waals surface area contributed by atoms with E-state index in [4.69, 9.17) is 25.9 Å². The van der Waals surface area contributed by atoms with Gasteiger partial charge in [-0.3, -0.25) is 9.93 Å². The predicted octanol–water partition coefficient (Wildman–Crippen LogP) is 2.82. The highest BCUT2D eigenvalue weighted by Crippen LogP contribution is 2.31. The molecule has 0 saturated carbocycles. The Morgan fingerprint density at radius 2 is 2.21 bits per heavy atom. The minimum Gasteiger partial charge on any atom is -0.467 e. The number of halogens is 1. The molecule has 156 valence electrons. The smallest absolute Gasteiger partial charge is 0.340 e. The van der Waals surface area contributed by atoms with Crippen LogP contribution in [0.15, 0.2) is 45.2 Å². The van der Waals surface area contributed by atoms with Gasteiger partial charge in [0, 0.05) is 11.9 Å². The first-order valence-electron chi connectivity index (χ1n) is 8.28. The molecular formula is C17H19ClN4O6S. The molecule has 1 amide bonds. The van der Waals surface area contributed by atoms with E-state index < -0.39 is 18.5 Å². The Hall–Kier alpha value is -2.76. The summed E-state index contributed by atoms with van der Waals surface area (Å²) >= 11 is 7.06. The van der Waals surface area contributed by atoms with E-state index in [1.807, 2.05) is 0 Å². The van der Waals surface area contributed by atoms with E-state index in [1.54, 1.807) is 18.2 Å². The molecular weight excluding hydrogens is 424 g/mol. The lowest BCUT2D eigenvalue weighted by molar-refractivity contribution is -0.133. The normalized spacial score (nSPS) is 10.3. The summed E-state index contributed by atoms with van der Waals surface area (Å²) in [4.78, 5) is 40.5. The number of anilines is 1. The van der Waals surface area contributed by atoms with E-state index in [0.717, 1.165) is 11.9 Å². The maximum absolute atomic E-state index is 12.6. The number of amides is 1. The first-order chi connectivity index (χ1) is 14.0. The molecule has 0 unspecified atom stereocenters. The van der Waals surface area contributed by atoms with Crippen LogP contribution in [0.5, 0.6) is 0 Å². The number of hydrogen-bond donors (Lipinski definition) is 2. The summed E-state index contributed by atoms with van der Waals surface area (Å²) in [7, 11) is 1.48. The minimum atomic E-state index is -0.730. The summed E-state index contributed by atoms with van der Waals surface area (Å²) in [6, 6.07) is 6.55. The van der Waals surface area contributed by atoms with Crippen molar-refractivity contribution < 1.29 is 23.6 Å². The Kier molecular flexibility index (Phi) is 8.77. The topological polar surface area (TPSA) is 136 Å². The summed E-state index contributed by atoms with van der Waals surface area (Å²) in [5.74, 6) is -0.548. The number of furan rings is 1. The molecule has 0 fully saturated rings. The van der Waals surface area contributed by atoms with Gasteiger partial charge in [0.2, 0.25) is 0 Å². The molecule has 0 spiro atoms. The van der Waals surface area contributed by atoms with Crippen molar-refractivity contribution in [2.45, 2.75) is 11.4 Å². The fourth-order valence-corrected chi connectivity index (χ4v) is 2.86. The maximum Gasteiger partial charge on any atom is 0.340 e. The van der Waals surface area contributed by atoms with Crippen LogP contribution in [0.3, 0.4) is 0 Å². The molecule has 12 heteroatoms. The molecule has 0 aliphatic rings. The van der Waals surface area contributed by atoms with E-state index >= 15 is 0 Å². The highest BCUT2D eigenvalue weighted by molar-refractivity contribution is 7.97. The highest BCUT2D eigenvalue weighted by Gasteiger charge is 2.19. The molecule has 1 heterocycles. The van der Waals surface area contributed by atoms with Gasteiger partial charge in [0.25, 0.3) is 5.91 Å². The van der Waals surface area contributed by atoms with Gasteiger partial charge in [0.1, 0.15) is 12.4 Å². The number of esters is 1. The van der Waals surface area contributed by atoms with Crippen LogP contribution < -0.4 is 10.5 Å². The van der Waals surface area contributed by atoms with E-state index in [1.165, 1.54) is 24.3 Å². The van der Waals surface area contributed by atoms with E-state index in [2.05, 4.69) is 15.5 Å². The number of benzene rings is 1. The maximum atomic E-state index is 12.6. The van der Waals surface area contributed by atoms with Crippen molar-refractivity contribution >= 4 is 41.1 Å². The fourth-order valence-electron chi connectivity index (χ4n) is 2.21. The van der Waals surface area contributed by atoms with Crippen LogP contribution in [0.1, 0.15) is 16.1 Å². The van der Waals surface area contributed by atoms with Crippen LogP contribution in [0.2, 0.25) is 5.02 Å². The van der Waals surface area contributed by atoms with Crippen molar-refractivity contribution in [1.82, 2.24) is 4.90 Å². The van der Waals surface area contributed by atoms with Gasteiger partial charge in [0.15, 0.2) is 11.9 Å². The molecule has 2 aromatic rings. The van der Waals surface area contributed by atoms with Gasteiger partial charge >= 0.3 is 5.97 Å². The standard InChI is InChI=1S/C17H19ClN4O6S/c1-22(4-6-28-21-25)16(23)10-27-17(24)12-7-15(29-19)13(18)8-14(12)20-9-11-3-2-5-26-11/h2-3,5,7-8,20H,4,6,9-10,19H2,1H3. The number of ether oxygens (including phenoxy) is 1. The number of nitrogens with one attached hydrogen (secondary N) is 1. The van der Waals surface area contributed by atoms with E-state index in [0.29, 0.717) is 27.9 Å². The second kappa shape index (κ2) is 11.3. The lowest BCUT2D eigenvalue weighted by Gasteiger charge is -2.17. The molecule has 10 nitrogen and oxygen atoms in total. The molecule has 29 heavy (non-hydrogen) atoms. The lowest BCUT2D eigenvalue weighted by atomic mass is 10.1. The van der Waals surface area contributed by atoms with Crippen molar-refractivity contribution in [2.24, 2.45) is 10.5 Å². The third-order valence-electron chi connectivity index (χ3n) is 3.78. The Labute approximate surface area is 175 Å². The molecule has 0 saturated heterocycles. The van der Waals surface area contributed by atoms with Crippen molar-refractivity contribution in [3.05, 3.63) is 51.8 Å². The Morgan fingerprint density at radius 1 is 1.41 bits per heavy atom. The zero-order valence-electron chi connectivity index (χ0n) is 15.4. The molecule has 2 rings (SSSR count). The third kappa shape index (κ3) is 6.66. The second-order valence-corrected chi connectivity index (χ2v) is 6.76. The zero-order valence-corrected chi connectivity index (χ0v) is 17.0. The van der Waals surface area contributed by atoms with Gasteiger partial charge in [-0.15, -0.1) is 4.91 Å². The van der Waals surface area contributed by atoms with Gasteiger partial charge in [-0.1, -0.05) is 11.6 Å². The van der Waals surface area contributed by atoms with Crippen molar-refractivity contribution in [1.29, 1.82) is 0 Å². The molecule has 1 aromatic carbocycles. The zero-order chi connectivity index (χ0) is 21.2. The van der Waals surface area contributed by atoms with E-state index in [9.17, 15) is 14.5 Å².